The molecule has 0 atom stereocenters. The second-order valence-electron chi connectivity index (χ2n) is 7.22. The number of anilines is 1. The van der Waals surface area contributed by atoms with Gasteiger partial charge in [0.2, 0.25) is 5.91 Å². The summed E-state index contributed by atoms with van der Waals surface area (Å²) in [5.41, 5.74) is 3.09. The maximum atomic E-state index is 13.2. The van der Waals surface area contributed by atoms with E-state index in [0.717, 1.165) is 39.6 Å². The summed E-state index contributed by atoms with van der Waals surface area (Å²) in [4.78, 5) is 25.4. The summed E-state index contributed by atoms with van der Waals surface area (Å²) in [6.45, 7) is 2.58. The second kappa shape index (κ2) is 10.6. The number of nitrogens with zero attached hydrogens (tertiary/aromatic N) is 3. The molecule has 0 saturated heterocycles. The maximum Gasteiger partial charge on any atom is 0.229 e. The topological polar surface area (TPSA) is 46.1 Å². The molecule has 4 nitrogen and oxygen atoms in total. The highest BCUT2D eigenvalue weighted by molar-refractivity contribution is 7.99. The first-order chi connectivity index (χ1) is 15.2. The van der Waals surface area contributed by atoms with Crippen molar-refractivity contribution >= 4 is 44.4 Å². The molecule has 0 aliphatic heterocycles. The summed E-state index contributed by atoms with van der Waals surface area (Å²) in [7, 11) is 0. The normalized spacial score (nSPS) is 11.0. The smallest absolute Gasteiger partial charge is 0.229 e. The van der Waals surface area contributed by atoms with Gasteiger partial charge in [0, 0.05) is 17.5 Å². The van der Waals surface area contributed by atoms with Gasteiger partial charge in [-0.15, -0.1) is 11.8 Å². The average Bonchev–Trinajstić information content (AvgIpc) is 3.24. The predicted octanol–water partition coefficient (Wildman–Crippen LogP) is 6.36. The fraction of sp³-hybridized carbons (Fsp3) is 0.240. The van der Waals surface area contributed by atoms with E-state index in [1.807, 2.05) is 42.5 Å². The zero-order valence-electron chi connectivity index (χ0n) is 17.5. The highest BCUT2D eigenvalue weighted by Crippen LogP contribution is 2.31. The summed E-state index contributed by atoms with van der Waals surface area (Å²) in [5, 5.41) is 0.745. The molecule has 0 spiro atoms. The highest BCUT2D eigenvalue weighted by atomic mass is 32.2. The lowest BCUT2D eigenvalue weighted by molar-refractivity contribution is -0.118. The zero-order valence-corrected chi connectivity index (χ0v) is 19.2. The summed E-state index contributed by atoms with van der Waals surface area (Å²) < 4.78 is 1.12. The van der Waals surface area contributed by atoms with E-state index in [1.165, 1.54) is 10.5 Å². The van der Waals surface area contributed by atoms with Crippen LogP contribution in [0.25, 0.3) is 10.2 Å². The molecule has 2 aromatic carbocycles. The lowest BCUT2D eigenvalue weighted by Crippen LogP contribution is -2.30. The van der Waals surface area contributed by atoms with E-state index >= 15 is 0 Å². The lowest BCUT2D eigenvalue weighted by Gasteiger charge is -2.19. The fourth-order valence-corrected chi connectivity index (χ4v) is 5.19. The molecule has 1 amide bonds. The van der Waals surface area contributed by atoms with Gasteiger partial charge in [0.15, 0.2) is 5.13 Å². The summed E-state index contributed by atoms with van der Waals surface area (Å²) in [5.74, 6) is 1.00. The summed E-state index contributed by atoms with van der Waals surface area (Å²) >= 11 is 3.37. The molecule has 0 aliphatic carbocycles. The lowest BCUT2D eigenvalue weighted by atomic mass is 10.2. The number of carbonyl (C=O) groups is 1. The standard InChI is InChI=1S/C25H25N3OS2/c1-2-19-13-14-22-23(17-19)31-25(27-22)28(18-20-9-6-7-15-26-20)24(29)12-8-16-30-21-10-4-3-5-11-21/h3-7,9-11,13-15,17H,2,8,12,16,18H2,1H3. The van der Waals surface area contributed by atoms with Gasteiger partial charge < -0.3 is 0 Å². The minimum Gasteiger partial charge on any atom is -0.282 e. The first-order valence-corrected chi connectivity index (χ1v) is 12.3. The van der Waals surface area contributed by atoms with Crippen LogP contribution in [0.5, 0.6) is 0 Å². The third kappa shape index (κ3) is 5.71. The number of hydrogen-bond acceptors (Lipinski definition) is 5. The second-order valence-corrected chi connectivity index (χ2v) is 9.40. The van der Waals surface area contributed by atoms with Gasteiger partial charge >= 0.3 is 0 Å². The number of aryl methyl sites for hydroxylation is 1. The number of pyridine rings is 1. The van der Waals surface area contributed by atoms with Crippen LogP contribution in [0.3, 0.4) is 0 Å². The number of thioether (sulfide) groups is 1. The van der Waals surface area contributed by atoms with Crippen LogP contribution in [0.2, 0.25) is 0 Å². The van der Waals surface area contributed by atoms with Crippen molar-refractivity contribution in [3.05, 3.63) is 84.2 Å². The molecule has 0 N–H and O–H groups in total. The van der Waals surface area contributed by atoms with E-state index in [2.05, 4.69) is 36.2 Å². The van der Waals surface area contributed by atoms with Gasteiger partial charge in [0.1, 0.15) is 0 Å². The number of aromatic nitrogens is 2. The molecule has 6 heteroatoms. The molecule has 2 aromatic heterocycles. The Morgan fingerprint density at radius 3 is 2.68 bits per heavy atom. The van der Waals surface area contributed by atoms with E-state index < -0.39 is 0 Å². The zero-order chi connectivity index (χ0) is 21.5. The molecular formula is C25H25N3OS2. The Labute approximate surface area is 191 Å². The van der Waals surface area contributed by atoms with Crippen molar-refractivity contribution in [1.82, 2.24) is 9.97 Å². The van der Waals surface area contributed by atoms with Crippen molar-refractivity contribution in [2.24, 2.45) is 0 Å². The highest BCUT2D eigenvalue weighted by Gasteiger charge is 2.20. The van der Waals surface area contributed by atoms with Crippen molar-refractivity contribution in [2.45, 2.75) is 37.6 Å². The van der Waals surface area contributed by atoms with E-state index in [-0.39, 0.29) is 5.91 Å². The Morgan fingerprint density at radius 2 is 1.90 bits per heavy atom. The van der Waals surface area contributed by atoms with Crippen LogP contribution in [0.4, 0.5) is 5.13 Å². The quantitative estimate of drug-likeness (QED) is 0.221. The van der Waals surface area contributed by atoms with Gasteiger partial charge in [0.05, 0.1) is 22.5 Å². The Morgan fingerprint density at radius 1 is 1.06 bits per heavy atom. The Bertz CT molecular complexity index is 1130. The third-order valence-electron chi connectivity index (χ3n) is 4.97. The Hall–Kier alpha value is -2.70. The number of rotatable bonds is 9. The Balaban J connectivity index is 1.49. The first kappa shape index (κ1) is 21.5. The van der Waals surface area contributed by atoms with Crippen molar-refractivity contribution in [3.63, 3.8) is 0 Å². The summed E-state index contributed by atoms with van der Waals surface area (Å²) in [6.07, 6.45) is 4.06. The van der Waals surface area contributed by atoms with Crippen molar-refractivity contribution < 1.29 is 4.79 Å². The first-order valence-electron chi connectivity index (χ1n) is 10.5. The van der Waals surface area contributed by atoms with Crippen LogP contribution in [-0.4, -0.2) is 21.6 Å². The van der Waals surface area contributed by atoms with Crippen molar-refractivity contribution in [2.75, 3.05) is 10.7 Å². The van der Waals surface area contributed by atoms with Crippen LogP contribution >= 0.6 is 23.1 Å². The molecule has 0 aliphatic rings. The molecule has 0 fully saturated rings. The molecule has 0 radical (unpaired) electrons. The molecule has 158 valence electrons. The molecule has 4 rings (SSSR count). The Kier molecular flexibility index (Phi) is 7.33. The minimum absolute atomic E-state index is 0.0917. The van der Waals surface area contributed by atoms with Crippen LogP contribution in [0, 0.1) is 0 Å². The largest absolute Gasteiger partial charge is 0.282 e. The van der Waals surface area contributed by atoms with Crippen LogP contribution in [-0.2, 0) is 17.8 Å². The molecule has 2 heterocycles. The molecule has 0 unspecified atom stereocenters. The number of fused-ring (bicyclic) bond motifs is 1. The third-order valence-corrected chi connectivity index (χ3v) is 7.11. The number of thiazole rings is 1. The van der Waals surface area contributed by atoms with Gasteiger partial charge in [-0.1, -0.05) is 48.6 Å². The molecule has 31 heavy (non-hydrogen) atoms. The van der Waals surface area contributed by atoms with Crippen LogP contribution in [0.15, 0.2) is 77.8 Å². The van der Waals surface area contributed by atoms with Crippen LogP contribution in [0.1, 0.15) is 31.0 Å². The van der Waals surface area contributed by atoms with Crippen LogP contribution < -0.4 is 4.90 Å². The number of amides is 1. The molecule has 0 saturated carbocycles. The SMILES string of the molecule is CCc1ccc2nc(N(Cc3ccccn3)C(=O)CCCSc3ccccc3)sc2c1. The van der Waals surface area contributed by atoms with Crippen molar-refractivity contribution in [1.29, 1.82) is 0 Å². The van der Waals surface area contributed by atoms with E-state index in [4.69, 9.17) is 4.98 Å². The number of benzene rings is 2. The van der Waals surface area contributed by atoms with E-state index in [0.29, 0.717) is 13.0 Å². The summed E-state index contributed by atoms with van der Waals surface area (Å²) in [6, 6.07) is 22.4. The van der Waals surface area contributed by atoms with Gasteiger partial charge in [-0.05, 0) is 60.6 Å². The molecule has 4 aromatic rings. The number of carbonyl (C=O) groups excluding carboxylic acids is 1. The average molecular weight is 448 g/mol. The monoisotopic (exact) mass is 447 g/mol. The number of hydrogen-bond donors (Lipinski definition) is 0. The van der Waals surface area contributed by atoms with Crippen molar-refractivity contribution in [3.8, 4) is 0 Å². The predicted molar refractivity (Wildman–Crippen MR) is 131 cm³/mol. The van der Waals surface area contributed by atoms with Gasteiger partial charge in [-0.2, -0.15) is 0 Å². The van der Waals surface area contributed by atoms with Gasteiger partial charge in [-0.3, -0.25) is 14.7 Å². The van der Waals surface area contributed by atoms with E-state index in [9.17, 15) is 4.79 Å². The fourth-order valence-electron chi connectivity index (χ4n) is 3.27. The minimum atomic E-state index is 0.0917. The van der Waals surface area contributed by atoms with E-state index in [1.54, 1.807) is 34.2 Å². The molecule has 0 bridgehead atoms. The maximum absolute atomic E-state index is 13.2. The van der Waals surface area contributed by atoms with Gasteiger partial charge in [-0.25, -0.2) is 4.98 Å². The van der Waals surface area contributed by atoms with Gasteiger partial charge in [0.25, 0.3) is 0 Å². The molecular weight excluding hydrogens is 422 g/mol.